The molecule has 6 nitrogen and oxygen atoms in total. The van der Waals surface area contributed by atoms with E-state index in [1.807, 2.05) is 0 Å². The number of phenolic OH excluding ortho intramolecular Hbond substituents is 1. The molecule has 3 N–H and O–H groups in total. The van der Waals surface area contributed by atoms with Crippen molar-refractivity contribution < 1.29 is 28.5 Å². The lowest BCUT2D eigenvalue weighted by Crippen LogP contribution is -2.32. The summed E-state index contributed by atoms with van der Waals surface area (Å²) in [5, 5.41) is 22.8. The van der Waals surface area contributed by atoms with E-state index in [4.69, 9.17) is 9.84 Å². The topological polar surface area (TPSA) is 91.2 Å². The van der Waals surface area contributed by atoms with E-state index in [1.54, 1.807) is 6.92 Å². The van der Waals surface area contributed by atoms with Gasteiger partial charge in [-0.3, -0.25) is 4.79 Å². The number of nitrogens with zero attached hydrogens (tertiary/aromatic N) is 1. The molecule has 23 heavy (non-hydrogen) atoms. The standard InChI is InChI=1S/C15H18F2N2O4/c1-8-5-12(21)18-19-13(8)10-3-4-11(9(2)14(10)22)23-7-15(16,17)6-20/h3-4,8,20,22H,5-7H2,1-2H3,(H,18,21). The molecule has 0 aromatic heterocycles. The highest BCUT2D eigenvalue weighted by atomic mass is 19.3. The number of aliphatic hydroxyl groups excluding tert-OH is 1. The first-order chi connectivity index (χ1) is 10.7. The third kappa shape index (κ3) is 3.76. The Kier molecular flexibility index (Phi) is 4.84. The minimum atomic E-state index is -3.35. The Hall–Kier alpha value is -2.22. The van der Waals surface area contributed by atoms with Crippen molar-refractivity contribution in [3.63, 3.8) is 0 Å². The third-order valence-corrected chi connectivity index (χ3v) is 3.59. The number of amides is 1. The summed E-state index contributed by atoms with van der Waals surface area (Å²) in [5.41, 5.74) is 3.56. The van der Waals surface area contributed by atoms with Gasteiger partial charge in [0.25, 0.3) is 0 Å². The van der Waals surface area contributed by atoms with Gasteiger partial charge in [0.05, 0.1) is 5.71 Å². The summed E-state index contributed by atoms with van der Waals surface area (Å²) in [6.07, 6.45) is 0.248. The second-order valence-corrected chi connectivity index (χ2v) is 5.52. The van der Waals surface area contributed by atoms with Crippen molar-refractivity contribution in [2.45, 2.75) is 26.2 Å². The van der Waals surface area contributed by atoms with Crippen molar-refractivity contribution in [3.05, 3.63) is 23.3 Å². The number of nitrogens with one attached hydrogen (secondary N) is 1. The van der Waals surface area contributed by atoms with E-state index in [0.29, 0.717) is 11.3 Å². The zero-order chi connectivity index (χ0) is 17.2. The molecule has 1 aromatic rings. The molecule has 2 rings (SSSR count). The molecule has 1 aromatic carbocycles. The fourth-order valence-corrected chi connectivity index (χ4v) is 2.25. The lowest BCUT2D eigenvalue weighted by Gasteiger charge is -2.21. The summed E-state index contributed by atoms with van der Waals surface area (Å²) in [7, 11) is 0. The normalized spacial score (nSPS) is 18.4. The van der Waals surface area contributed by atoms with E-state index in [0.717, 1.165) is 0 Å². The smallest absolute Gasteiger partial charge is 0.303 e. The number of hydrogen-bond acceptors (Lipinski definition) is 5. The Balaban J connectivity index is 2.26. The van der Waals surface area contributed by atoms with Crippen LogP contribution in [0.25, 0.3) is 0 Å². The monoisotopic (exact) mass is 328 g/mol. The maximum absolute atomic E-state index is 13.0. The van der Waals surface area contributed by atoms with Crippen LogP contribution in [0.5, 0.6) is 11.5 Å². The highest BCUT2D eigenvalue weighted by Crippen LogP contribution is 2.33. The van der Waals surface area contributed by atoms with Crippen LogP contribution >= 0.6 is 0 Å². The number of alkyl halides is 2. The number of aliphatic hydroxyl groups is 1. The van der Waals surface area contributed by atoms with Gasteiger partial charge in [-0.05, 0) is 19.1 Å². The number of halogens is 2. The maximum Gasteiger partial charge on any atom is 0.303 e. The number of ether oxygens (including phenoxy) is 1. The summed E-state index contributed by atoms with van der Waals surface area (Å²) >= 11 is 0. The van der Waals surface area contributed by atoms with Crippen LogP contribution in [-0.4, -0.2) is 41.0 Å². The van der Waals surface area contributed by atoms with Crippen molar-refractivity contribution in [3.8, 4) is 11.5 Å². The predicted molar refractivity (Wildman–Crippen MR) is 78.8 cm³/mol. The van der Waals surface area contributed by atoms with Gasteiger partial charge in [-0.25, -0.2) is 14.2 Å². The van der Waals surface area contributed by atoms with Crippen molar-refractivity contribution >= 4 is 11.6 Å². The van der Waals surface area contributed by atoms with Crippen LogP contribution < -0.4 is 10.2 Å². The van der Waals surface area contributed by atoms with E-state index in [1.165, 1.54) is 19.1 Å². The third-order valence-electron chi connectivity index (χ3n) is 3.59. The first-order valence-electron chi connectivity index (χ1n) is 7.06. The van der Waals surface area contributed by atoms with Crippen LogP contribution in [0.1, 0.15) is 24.5 Å². The fourth-order valence-electron chi connectivity index (χ4n) is 2.25. The van der Waals surface area contributed by atoms with Gasteiger partial charge in [0.15, 0.2) is 6.61 Å². The van der Waals surface area contributed by atoms with E-state index in [-0.39, 0.29) is 35.3 Å². The number of hydrogen-bond donors (Lipinski definition) is 3. The Labute approximate surface area is 131 Å². The predicted octanol–water partition coefficient (Wildman–Crippen LogP) is 1.57. The number of carbonyl (C=O) groups excluding carboxylic acids is 1. The van der Waals surface area contributed by atoms with Gasteiger partial charge < -0.3 is 14.9 Å². The Bertz CT molecular complexity index is 647. The summed E-state index contributed by atoms with van der Waals surface area (Å²) in [6, 6.07) is 2.95. The van der Waals surface area contributed by atoms with Crippen LogP contribution in [0.3, 0.4) is 0 Å². The van der Waals surface area contributed by atoms with Crippen LogP contribution in [0, 0.1) is 12.8 Å². The molecule has 1 atom stereocenters. The van der Waals surface area contributed by atoms with Gasteiger partial charge in [0.2, 0.25) is 5.91 Å². The first-order valence-corrected chi connectivity index (χ1v) is 7.06. The molecular weight excluding hydrogens is 310 g/mol. The summed E-state index contributed by atoms with van der Waals surface area (Å²) in [4.78, 5) is 11.3. The van der Waals surface area contributed by atoms with Gasteiger partial charge in [-0.1, -0.05) is 6.92 Å². The highest BCUT2D eigenvalue weighted by molar-refractivity contribution is 6.07. The molecule has 0 saturated heterocycles. The molecule has 0 bridgehead atoms. The summed E-state index contributed by atoms with van der Waals surface area (Å²) in [6.45, 7) is 1.02. The average Bonchev–Trinajstić information content (AvgIpc) is 2.50. The van der Waals surface area contributed by atoms with Gasteiger partial charge in [0.1, 0.15) is 18.1 Å². The van der Waals surface area contributed by atoms with Gasteiger partial charge in [0, 0.05) is 23.5 Å². The highest BCUT2D eigenvalue weighted by Gasteiger charge is 2.30. The number of phenols is 1. The lowest BCUT2D eigenvalue weighted by atomic mass is 9.92. The van der Waals surface area contributed by atoms with Crippen LogP contribution in [0.15, 0.2) is 17.2 Å². The molecule has 1 aliphatic rings. The largest absolute Gasteiger partial charge is 0.507 e. The number of carbonyl (C=O) groups is 1. The molecule has 0 fully saturated rings. The molecule has 0 saturated carbocycles. The van der Waals surface area contributed by atoms with E-state index in [2.05, 4.69) is 10.5 Å². The molecule has 0 aliphatic carbocycles. The molecule has 0 radical (unpaired) electrons. The Morgan fingerprint density at radius 1 is 1.48 bits per heavy atom. The number of hydrazone groups is 1. The first kappa shape index (κ1) is 17.1. The molecule has 1 aliphatic heterocycles. The molecule has 1 heterocycles. The minimum Gasteiger partial charge on any atom is -0.507 e. The quantitative estimate of drug-likeness (QED) is 0.765. The van der Waals surface area contributed by atoms with E-state index >= 15 is 0 Å². The average molecular weight is 328 g/mol. The van der Waals surface area contributed by atoms with Crippen molar-refractivity contribution in [1.29, 1.82) is 0 Å². The molecular formula is C15H18F2N2O4. The van der Waals surface area contributed by atoms with Gasteiger partial charge >= 0.3 is 5.92 Å². The van der Waals surface area contributed by atoms with E-state index in [9.17, 15) is 18.7 Å². The SMILES string of the molecule is Cc1c(OCC(F)(F)CO)ccc(C2=NNC(=O)CC2C)c1O. The number of rotatable bonds is 5. The molecule has 1 amide bonds. The van der Waals surface area contributed by atoms with Crippen LogP contribution in [0.2, 0.25) is 0 Å². The molecule has 126 valence electrons. The molecule has 1 unspecified atom stereocenters. The zero-order valence-electron chi connectivity index (χ0n) is 12.8. The second kappa shape index (κ2) is 6.49. The van der Waals surface area contributed by atoms with Crippen molar-refractivity contribution in [2.75, 3.05) is 13.2 Å². The maximum atomic E-state index is 13.0. The Morgan fingerprint density at radius 2 is 2.17 bits per heavy atom. The molecule has 0 spiro atoms. The zero-order valence-corrected chi connectivity index (χ0v) is 12.8. The van der Waals surface area contributed by atoms with Crippen LogP contribution in [-0.2, 0) is 4.79 Å². The van der Waals surface area contributed by atoms with Gasteiger partial charge in [-0.15, -0.1) is 0 Å². The summed E-state index contributed by atoms with van der Waals surface area (Å²) < 4.78 is 31.0. The summed E-state index contributed by atoms with van der Waals surface area (Å²) in [5.74, 6) is -3.79. The van der Waals surface area contributed by atoms with Crippen LogP contribution in [0.4, 0.5) is 8.78 Å². The number of benzene rings is 1. The van der Waals surface area contributed by atoms with Crippen molar-refractivity contribution in [2.24, 2.45) is 11.0 Å². The minimum absolute atomic E-state index is 0.0903. The second-order valence-electron chi connectivity index (χ2n) is 5.52. The van der Waals surface area contributed by atoms with Crippen molar-refractivity contribution in [1.82, 2.24) is 5.43 Å². The molecule has 8 heteroatoms. The van der Waals surface area contributed by atoms with E-state index < -0.39 is 19.1 Å². The lowest BCUT2D eigenvalue weighted by molar-refractivity contribution is -0.121. The fraction of sp³-hybridized carbons (Fsp3) is 0.467. The van der Waals surface area contributed by atoms with Gasteiger partial charge in [-0.2, -0.15) is 5.10 Å². The Morgan fingerprint density at radius 3 is 2.78 bits per heavy atom. The number of aromatic hydroxyl groups is 1.